The molecule has 1 aliphatic carbocycles. The fraction of sp³-hybridized carbons (Fsp3) is 0.556. The molecular formula is C18H23NO2. The van der Waals surface area contributed by atoms with Gasteiger partial charge >= 0.3 is 0 Å². The summed E-state index contributed by atoms with van der Waals surface area (Å²) >= 11 is 0. The summed E-state index contributed by atoms with van der Waals surface area (Å²) in [6.07, 6.45) is 4.09. The summed E-state index contributed by atoms with van der Waals surface area (Å²) in [6, 6.07) is 9.56. The van der Waals surface area contributed by atoms with Gasteiger partial charge in [0.25, 0.3) is 0 Å². The third-order valence-electron chi connectivity index (χ3n) is 3.97. The summed E-state index contributed by atoms with van der Waals surface area (Å²) in [5.74, 6) is 0.794. The van der Waals surface area contributed by atoms with Crippen LogP contribution in [0.15, 0.2) is 24.3 Å². The number of hydrogen-bond acceptors (Lipinski definition) is 3. The van der Waals surface area contributed by atoms with Crippen LogP contribution in [0.1, 0.15) is 51.0 Å². The van der Waals surface area contributed by atoms with E-state index in [0.29, 0.717) is 12.5 Å². The minimum Gasteiger partial charge on any atom is -0.493 e. The van der Waals surface area contributed by atoms with Crippen molar-refractivity contribution in [3.63, 3.8) is 0 Å². The number of carbonyl (C=O) groups excluding carboxylic acids is 1. The van der Waals surface area contributed by atoms with Gasteiger partial charge in [-0.3, -0.25) is 4.79 Å². The number of rotatable bonds is 6. The molecule has 0 radical (unpaired) electrons. The van der Waals surface area contributed by atoms with Crippen LogP contribution in [0.3, 0.4) is 0 Å². The van der Waals surface area contributed by atoms with E-state index in [1.807, 2.05) is 24.3 Å². The van der Waals surface area contributed by atoms with Gasteiger partial charge in [0, 0.05) is 5.92 Å². The van der Waals surface area contributed by atoms with Gasteiger partial charge in [-0.2, -0.15) is 5.26 Å². The van der Waals surface area contributed by atoms with Gasteiger partial charge in [0.05, 0.1) is 12.7 Å². The van der Waals surface area contributed by atoms with Crippen molar-refractivity contribution < 1.29 is 9.53 Å². The zero-order chi connectivity index (χ0) is 15.2. The lowest BCUT2D eigenvalue weighted by molar-refractivity contribution is -0.123. The van der Waals surface area contributed by atoms with Crippen molar-refractivity contribution >= 4 is 5.78 Å². The molecule has 0 spiro atoms. The number of nitriles is 1. The third kappa shape index (κ3) is 4.07. The van der Waals surface area contributed by atoms with Crippen LogP contribution in [-0.2, 0) is 4.79 Å². The minimum absolute atomic E-state index is 0.0755. The highest BCUT2D eigenvalue weighted by molar-refractivity contribution is 5.90. The Morgan fingerprint density at radius 2 is 1.90 bits per heavy atom. The number of Topliss-reactive ketones (excluding diaryl/α,β-unsaturated/α-hetero) is 1. The highest BCUT2D eigenvalue weighted by Gasteiger charge is 2.30. The van der Waals surface area contributed by atoms with Crippen LogP contribution in [0.4, 0.5) is 0 Å². The SMILES string of the molecule is CC(C)COc1ccc(C(C#N)C(=O)C2CCCC2)cc1. The van der Waals surface area contributed by atoms with Gasteiger partial charge in [-0.25, -0.2) is 0 Å². The Morgan fingerprint density at radius 3 is 2.43 bits per heavy atom. The van der Waals surface area contributed by atoms with Crippen LogP contribution in [0.2, 0.25) is 0 Å². The maximum atomic E-state index is 12.4. The van der Waals surface area contributed by atoms with E-state index in [2.05, 4.69) is 19.9 Å². The Kier molecular flexibility index (Phi) is 5.38. The van der Waals surface area contributed by atoms with Gasteiger partial charge in [-0.15, -0.1) is 0 Å². The van der Waals surface area contributed by atoms with E-state index < -0.39 is 5.92 Å². The Morgan fingerprint density at radius 1 is 1.29 bits per heavy atom. The van der Waals surface area contributed by atoms with Crippen LogP contribution < -0.4 is 4.74 Å². The molecule has 0 aliphatic heterocycles. The number of ether oxygens (including phenoxy) is 1. The first kappa shape index (κ1) is 15.6. The summed E-state index contributed by atoms with van der Waals surface area (Å²) in [5, 5.41) is 9.35. The van der Waals surface area contributed by atoms with Crippen LogP contribution >= 0.6 is 0 Å². The fourth-order valence-electron chi connectivity index (χ4n) is 2.77. The Labute approximate surface area is 126 Å². The topological polar surface area (TPSA) is 50.1 Å². The molecule has 0 heterocycles. The Balaban J connectivity index is 2.04. The van der Waals surface area contributed by atoms with Gasteiger partial charge < -0.3 is 4.74 Å². The van der Waals surface area contributed by atoms with Gasteiger partial charge in [0.15, 0.2) is 5.78 Å². The van der Waals surface area contributed by atoms with E-state index in [-0.39, 0.29) is 11.7 Å². The van der Waals surface area contributed by atoms with Gasteiger partial charge in [-0.1, -0.05) is 38.8 Å². The number of nitrogens with zero attached hydrogens (tertiary/aromatic N) is 1. The first-order valence-corrected chi connectivity index (χ1v) is 7.78. The third-order valence-corrected chi connectivity index (χ3v) is 3.97. The number of benzene rings is 1. The van der Waals surface area contributed by atoms with E-state index in [1.54, 1.807) is 0 Å². The van der Waals surface area contributed by atoms with Crippen molar-refractivity contribution in [1.82, 2.24) is 0 Å². The Bertz CT molecular complexity index is 507. The smallest absolute Gasteiger partial charge is 0.157 e. The maximum absolute atomic E-state index is 12.4. The molecule has 3 nitrogen and oxygen atoms in total. The molecule has 1 fully saturated rings. The average molecular weight is 285 g/mol. The lowest BCUT2D eigenvalue weighted by Gasteiger charge is -2.14. The highest BCUT2D eigenvalue weighted by atomic mass is 16.5. The Hall–Kier alpha value is -1.82. The monoisotopic (exact) mass is 285 g/mol. The minimum atomic E-state index is -0.632. The second-order valence-electron chi connectivity index (χ2n) is 6.22. The first-order valence-electron chi connectivity index (χ1n) is 7.78. The van der Waals surface area contributed by atoms with E-state index in [1.165, 1.54) is 0 Å². The van der Waals surface area contributed by atoms with Crippen molar-refractivity contribution in [2.24, 2.45) is 11.8 Å². The molecule has 0 bridgehead atoms. The molecule has 2 rings (SSSR count). The summed E-state index contributed by atoms with van der Waals surface area (Å²) < 4.78 is 5.63. The summed E-state index contributed by atoms with van der Waals surface area (Å²) in [6.45, 7) is 4.86. The van der Waals surface area contributed by atoms with Crippen molar-refractivity contribution in [3.8, 4) is 11.8 Å². The van der Waals surface area contributed by atoms with Crippen LogP contribution in [0, 0.1) is 23.2 Å². The van der Waals surface area contributed by atoms with E-state index in [9.17, 15) is 10.1 Å². The van der Waals surface area contributed by atoms with Crippen LogP contribution in [0.25, 0.3) is 0 Å². The maximum Gasteiger partial charge on any atom is 0.157 e. The highest BCUT2D eigenvalue weighted by Crippen LogP contribution is 2.31. The van der Waals surface area contributed by atoms with E-state index >= 15 is 0 Å². The van der Waals surface area contributed by atoms with Gasteiger partial charge in [0.2, 0.25) is 0 Å². The zero-order valence-corrected chi connectivity index (χ0v) is 12.8. The quantitative estimate of drug-likeness (QED) is 0.791. The molecule has 3 heteroatoms. The lowest BCUT2D eigenvalue weighted by atomic mass is 9.87. The molecule has 1 aromatic carbocycles. The van der Waals surface area contributed by atoms with Gasteiger partial charge in [0.1, 0.15) is 11.7 Å². The molecule has 1 unspecified atom stereocenters. The van der Waals surface area contributed by atoms with E-state index in [0.717, 1.165) is 37.0 Å². The second-order valence-corrected chi connectivity index (χ2v) is 6.22. The fourth-order valence-corrected chi connectivity index (χ4v) is 2.77. The van der Waals surface area contributed by atoms with Crippen molar-refractivity contribution in [1.29, 1.82) is 5.26 Å². The molecule has 21 heavy (non-hydrogen) atoms. The summed E-state index contributed by atoms with van der Waals surface area (Å²) in [5.41, 5.74) is 0.784. The van der Waals surface area contributed by atoms with Crippen molar-refractivity contribution in [2.75, 3.05) is 6.61 Å². The van der Waals surface area contributed by atoms with Crippen molar-refractivity contribution in [2.45, 2.75) is 45.4 Å². The second kappa shape index (κ2) is 7.26. The standard InChI is InChI=1S/C18H23NO2/c1-13(2)12-21-16-9-7-14(8-10-16)17(11-19)18(20)15-5-3-4-6-15/h7-10,13,15,17H,3-6,12H2,1-2H3. The predicted molar refractivity (Wildman–Crippen MR) is 82.1 cm³/mol. The molecule has 1 saturated carbocycles. The molecule has 0 amide bonds. The molecule has 112 valence electrons. The van der Waals surface area contributed by atoms with E-state index in [4.69, 9.17) is 4.74 Å². The molecule has 0 N–H and O–H groups in total. The average Bonchev–Trinajstić information content (AvgIpc) is 3.01. The molecule has 1 aromatic rings. The molecular weight excluding hydrogens is 262 g/mol. The predicted octanol–water partition coefficient (Wildman–Crippen LogP) is 4.09. The first-order chi connectivity index (χ1) is 10.1. The largest absolute Gasteiger partial charge is 0.493 e. The molecule has 1 atom stereocenters. The lowest BCUT2D eigenvalue weighted by Crippen LogP contribution is -2.19. The zero-order valence-electron chi connectivity index (χ0n) is 12.8. The molecule has 0 saturated heterocycles. The van der Waals surface area contributed by atoms with Crippen LogP contribution in [0.5, 0.6) is 5.75 Å². The summed E-state index contributed by atoms with van der Waals surface area (Å²) in [7, 11) is 0. The number of ketones is 1. The number of carbonyl (C=O) groups is 1. The van der Waals surface area contributed by atoms with Crippen molar-refractivity contribution in [3.05, 3.63) is 29.8 Å². The molecule has 0 aromatic heterocycles. The molecule has 1 aliphatic rings. The van der Waals surface area contributed by atoms with Gasteiger partial charge in [-0.05, 0) is 36.5 Å². The summed E-state index contributed by atoms with van der Waals surface area (Å²) in [4.78, 5) is 12.4. The number of hydrogen-bond donors (Lipinski definition) is 0. The van der Waals surface area contributed by atoms with Crippen LogP contribution in [-0.4, -0.2) is 12.4 Å². The normalized spacial score (nSPS) is 16.7.